The number of carbonyl (C=O) groups is 1. The molecule has 0 saturated carbocycles. The van der Waals surface area contributed by atoms with Crippen molar-refractivity contribution < 1.29 is 23.1 Å². The lowest BCUT2D eigenvalue weighted by Gasteiger charge is -2.23. The molecule has 1 aromatic heterocycles. The number of carbonyl (C=O) groups excluding carboxylic acids is 1. The Morgan fingerprint density at radius 2 is 1.88 bits per heavy atom. The first kappa shape index (κ1) is 18.1. The molecule has 2 rings (SSSR count). The molecule has 1 amide bonds. The van der Waals surface area contributed by atoms with Crippen LogP contribution in [0.4, 0.5) is 19.0 Å². The zero-order valence-electron chi connectivity index (χ0n) is 13.1. The van der Waals surface area contributed by atoms with Gasteiger partial charge < -0.3 is 10.4 Å². The van der Waals surface area contributed by atoms with E-state index in [0.29, 0.717) is 0 Å². The quantitative estimate of drug-likeness (QED) is 0.843. The van der Waals surface area contributed by atoms with E-state index in [1.54, 1.807) is 20.8 Å². The van der Waals surface area contributed by atoms with Crippen LogP contribution in [0.25, 0.3) is 11.1 Å². The second-order valence-corrected chi connectivity index (χ2v) is 6.54. The van der Waals surface area contributed by atoms with Crippen molar-refractivity contribution in [3.8, 4) is 16.9 Å². The second kappa shape index (κ2) is 6.01. The Labute approximate surface area is 141 Å². The Morgan fingerprint density at radius 3 is 2.42 bits per heavy atom. The predicted molar refractivity (Wildman–Crippen MR) is 84.0 cm³/mol. The van der Waals surface area contributed by atoms with Crippen LogP contribution in [0.5, 0.6) is 5.75 Å². The van der Waals surface area contributed by atoms with Gasteiger partial charge in [0.15, 0.2) is 0 Å². The van der Waals surface area contributed by atoms with Gasteiger partial charge in [0.25, 0.3) is 0 Å². The lowest BCUT2D eigenvalue weighted by molar-refractivity contribution is -0.167. The number of benzene rings is 1. The topological polar surface area (TPSA) is 67.2 Å². The van der Waals surface area contributed by atoms with E-state index < -0.39 is 17.6 Å². The standard InChI is InChI=1S/C15H15ClF3N3O2/c1-14(2,3)22-12(21-13(24)15(17,18)19)10(7-20-22)9-6-8(16)4-5-11(9)23/h4-7,23H,1-3H3,(H,21,24). The molecule has 0 aliphatic carbocycles. The molecule has 24 heavy (non-hydrogen) atoms. The van der Waals surface area contributed by atoms with Crippen LogP contribution in [0.2, 0.25) is 5.02 Å². The summed E-state index contributed by atoms with van der Waals surface area (Å²) in [6.07, 6.45) is -3.79. The summed E-state index contributed by atoms with van der Waals surface area (Å²) in [5.41, 5.74) is -0.418. The predicted octanol–water partition coefficient (Wildman–Crippen LogP) is 4.16. The number of nitrogens with zero attached hydrogens (tertiary/aromatic N) is 2. The Bertz CT molecular complexity index is 779. The number of rotatable bonds is 2. The van der Waals surface area contributed by atoms with E-state index in [0.717, 1.165) is 0 Å². The van der Waals surface area contributed by atoms with E-state index in [2.05, 4.69) is 5.10 Å². The number of nitrogens with one attached hydrogen (secondary N) is 1. The number of phenols is 1. The third kappa shape index (κ3) is 3.64. The van der Waals surface area contributed by atoms with Gasteiger partial charge in [-0.15, -0.1) is 0 Å². The minimum atomic E-state index is -5.05. The van der Waals surface area contributed by atoms with E-state index in [4.69, 9.17) is 11.6 Å². The minimum absolute atomic E-state index is 0.127. The van der Waals surface area contributed by atoms with Crippen molar-refractivity contribution >= 4 is 23.3 Å². The number of phenolic OH excluding ortho intramolecular Hbond substituents is 1. The van der Waals surface area contributed by atoms with Crippen LogP contribution >= 0.6 is 11.6 Å². The van der Waals surface area contributed by atoms with Crippen molar-refractivity contribution in [2.24, 2.45) is 0 Å². The number of halogens is 4. The molecular formula is C15H15ClF3N3O2. The van der Waals surface area contributed by atoms with Crippen molar-refractivity contribution in [3.05, 3.63) is 29.4 Å². The SMILES string of the molecule is CC(C)(C)n1ncc(-c2cc(Cl)ccc2O)c1NC(=O)C(F)(F)F. The maximum Gasteiger partial charge on any atom is 0.471 e. The average Bonchev–Trinajstić information content (AvgIpc) is 2.84. The Balaban J connectivity index is 2.63. The van der Waals surface area contributed by atoms with Crippen molar-refractivity contribution in [2.75, 3.05) is 5.32 Å². The van der Waals surface area contributed by atoms with Gasteiger partial charge in [0.2, 0.25) is 0 Å². The lowest BCUT2D eigenvalue weighted by Crippen LogP contribution is -2.33. The summed E-state index contributed by atoms with van der Waals surface area (Å²) in [6, 6.07) is 4.12. The summed E-state index contributed by atoms with van der Waals surface area (Å²) < 4.78 is 39.1. The highest BCUT2D eigenvalue weighted by Gasteiger charge is 2.40. The van der Waals surface area contributed by atoms with Crippen molar-refractivity contribution in [1.29, 1.82) is 0 Å². The number of anilines is 1. The van der Waals surface area contributed by atoms with E-state index in [-0.39, 0.29) is 27.7 Å². The summed E-state index contributed by atoms with van der Waals surface area (Å²) in [4.78, 5) is 11.4. The molecule has 9 heteroatoms. The monoisotopic (exact) mass is 361 g/mol. The number of hydrogen-bond donors (Lipinski definition) is 2. The van der Waals surface area contributed by atoms with Gasteiger partial charge >= 0.3 is 12.1 Å². The van der Waals surface area contributed by atoms with Gasteiger partial charge in [-0.05, 0) is 39.0 Å². The molecule has 0 unspecified atom stereocenters. The molecule has 0 aliphatic rings. The zero-order valence-corrected chi connectivity index (χ0v) is 13.8. The molecule has 2 N–H and O–H groups in total. The van der Waals surface area contributed by atoms with Gasteiger partial charge in [-0.25, -0.2) is 4.68 Å². The van der Waals surface area contributed by atoms with Crippen molar-refractivity contribution in [1.82, 2.24) is 9.78 Å². The number of aromatic hydroxyl groups is 1. The fourth-order valence-corrected chi connectivity index (χ4v) is 2.25. The average molecular weight is 362 g/mol. The van der Waals surface area contributed by atoms with Crippen LogP contribution in [0.15, 0.2) is 24.4 Å². The van der Waals surface area contributed by atoms with Gasteiger partial charge in [0.1, 0.15) is 11.6 Å². The van der Waals surface area contributed by atoms with Crippen molar-refractivity contribution in [2.45, 2.75) is 32.5 Å². The molecule has 0 spiro atoms. The van der Waals surface area contributed by atoms with Crippen LogP contribution < -0.4 is 5.32 Å². The smallest absolute Gasteiger partial charge is 0.471 e. The number of alkyl halides is 3. The lowest BCUT2D eigenvalue weighted by atomic mass is 10.1. The van der Waals surface area contributed by atoms with E-state index >= 15 is 0 Å². The van der Waals surface area contributed by atoms with Crippen LogP contribution in [-0.2, 0) is 10.3 Å². The van der Waals surface area contributed by atoms with E-state index in [9.17, 15) is 23.1 Å². The molecular weight excluding hydrogens is 347 g/mol. The first-order chi connectivity index (χ1) is 10.9. The molecule has 130 valence electrons. The highest BCUT2D eigenvalue weighted by atomic mass is 35.5. The maximum atomic E-state index is 12.6. The summed E-state index contributed by atoms with van der Waals surface area (Å²) in [5, 5.41) is 16.1. The molecule has 0 saturated heterocycles. The summed E-state index contributed by atoms with van der Waals surface area (Å²) >= 11 is 5.89. The molecule has 0 bridgehead atoms. The van der Waals surface area contributed by atoms with Crippen LogP contribution in [0, 0.1) is 0 Å². The molecule has 2 aromatic rings. The van der Waals surface area contributed by atoms with Gasteiger partial charge in [0, 0.05) is 16.1 Å². The molecule has 1 heterocycles. The molecule has 0 aliphatic heterocycles. The van der Waals surface area contributed by atoms with E-state index in [1.807, 2.05) is 5.32 Å². The summed E-state index contributed by atoms with van der Waals surface area (Å²) in [6.45, 7) is 5.14. The third-order valence-corrected chi connectivity index (χ3v) is 3.38. The largest absolute Gasteiger partial charge is 0.507 e. The van der Waals surface area contributed by atoms with Crippen LogP contribution in [0.3, 0.4) is 0 Å². The van der Waals surface area contributed by atoms with Gasteiger partial charge in [-0.3, -0.25) is 4.79 Å². The first-order valence-corrected chi connectivity index (χ1v) is 7.24. The number of amides is 1. The Hall–Kier alpha value is -2.22. The van der Waals surface area contributed by atoms with E-state index in [1.165, 1.54) is 29.1 Å². The highest BCUT2D eigenvalue weighted by Crippen LogP contribution is 2.38. The third-order valence-electron chi connectivity index (χ3n) is 3.14. The van der Waals surface area contributed by atoms with Gasteiger partial charge in [0.05, 0.1) is 11.7 Å². The molecule has 0 radical (unpaired) electrons. The fraction of sp³-hybridized carbons (Fsp3) is 0.333. The first-order valence-electron chi connectivity index (χ1n) is 6.87. The number of aromatic nitrogens is 2. The van der Waals surface area contributed by atoms with Gasteiger partial charge in [-0.1, -0.05) is 11.6 Å². The van der Waals surface area contributed by atoms with Gasteiger partial charge in [-0.2, -0.15) is 18.3 Å². The second-order valence-electron chi connectivity index (χ2n) is 6.10. The highest BCUT2D eigenvalue weighted by molar-refractivity contribution is 6.31. The minimum Gasteiger partial charge on any atom is -0.507 e. The zero-order chi connectivity index (χ0) is 18.3. The molecule has 5 nitrogen and oxygen atoms in total. The Morgan fingerprint density at radius 1 is 1.25 bits per heavy atom. The van der Waals surface area contributed by atoms with Crippen LogP contribution in [-0.4, -0.2) is 27.0 Å². The molecule has 1 aromatic carbocycles. The Kier molecular flexibility index (Phi) is 4.54. The molecule has 0 fully saturated rings. The number of hydrogen-bond acceptors (Lipinski definition) is 3. The van der Waals surface area contributed by atoms with Crippen molar-refractivity contribution in [3.63, 3.8) is 0 Å². The molecule has 0 atom stereocenters. The normalized spacial score (nSPS) is 12.3. The fourth-order valence-electron chi connectivity index (χ4n) is 2.08. The summed E-state index contributed by atoms with van der Waals surface area (Å²) in [7, 11) is 0. The van der Waals surface area contributed by atoms with Crippen LogP contribution in [0.1, 0.15) is 20.8 Å². The maximum absolute atomic E-state index is 12.6. The summed E-state index contributed by atoms with van der Waals surface area (Å²) in [5.74, 6) is -2.51.